The van der Waals surface area contributed by atoms with Crippen molar-refractivity contribution in [3.63, 3.8) is 0 Å². The van der Waals surface area contributed by atoms with Gasteiger partial charge in [-0.05, 0) is 67.4 Å². The van der Waals surface area contributed by atoms with Gasteiger partial charge in [-0.25, -0.2) is 13.8 Å². The van der Waals surface area contributed by atoms with E-state index in [1.54, 1.807) is 0 Å². The molecule has 1 aromatic heterocycles. The number of nitrogens with one attached hydrogen (secondary N) is 1. The van der Waals surface area contributed by atoms with Gasteiger partial charge >= 0.3 is 6.18 Å². The van der Waals surface area contributed by atoms with Crippen molar-refractivity contribution in [2.24, 2.45) is 0 Å². The van der Waals surface area contributed by atoms with Gasteiger partial charge in [0, 0.05) is 11.9 Å². The number of ether oxygens (including phenoxy) is 1. The third-order valence-corrected chi connectivity index (χ3v) is 4.03. The number of nitrogens with zero attached hydrogens (tertiary/aromatic N) is 1. The molecule has 2 aromatic carbocycles. The normalized spacial score (nSPS) is 11.3. The highest BCUT2D eigenvalue weighted by Crippen LogP contribution is 2.37. The number of hydrogen-bond donors (Lipinski definition) is 1. The lowest BCUT2D eigenvalue weighted by molar-refractivity contribution is -0.138. The van der Waals surface area contributed by atoms with E-state index in [9.17, 15) is 26.7 Å². The van der Waals surface area contributed by atoms with Crippen molar-refractivity contribution >= 4 is 11.6 Å². The summed E-state index contributed by atoms with van der Waals surface area (Å²) in [5, 5.41) is 2.32. The summed E-state index contributed by atoms with van der Waals surface area (Å²) in [7, 11) is 0. The largest absolute Gasteiger partial charge is 0.438 e. The second-order valence-electron chi connectivity index (χ2n) is 6.55. The lowest BCUT2D eigenvalue weighted by atomic mass is 10.1. The molecule has 1 N–H and O–H groups in total. The Morgan fingerprint density at radius 1 is 0.967 bits per heavy atom. The number of benzene rings is 2. The van der Waals surface area contributed by atoms with Crippen LogP contribution in [0.5, 0.6) is 11.6 Å². The fraction of sp³-hybridized carbons (Fsp3) is 0.143. The van der Waals surface area contributed by atoms with Gasteiger partial charge < -0.3 is 10.1 Å². The minimum Gasteiger partial charge on any atom is -0.438 e. The summed E-state index contributed by atoms with van der Waals surface area (Å²) in [5.74, 6) is -3.60. The van der Waals surface area contributed by atoms with E-state index in [0.717, 1.165) is 18.2 Å². The number of halogens is 5. The van der Waals surface area contributed by atoms with Crippen LogP contribution < -0.4 is 10.1 Å². The van der Waals surface area contributed by atoms with Crippen LogP contribution in [0.3, 0.4) is 0 Å². The topological polar surface area (TPSA) is 51.2 Å². The van der Waals surface area contributed by atoms with Gasteiger partial charge in [-0.15, -0.1) is 0 Å². The molecule has 0 radical (unpaired) electrons. The number of aromatic nitrogens is 1. The van der Waals surface area contributed by atoms with Crippen molar-refractivity contribution < 1.29 is 31.5 Å². The third-order valence-electron chi connectivity index (χ3n) is 4.03. The molecule has 1 amide bonds. The first-order chi connectivity index (χ1) is 14.0. The van der Waals surface area contributed by atoms with E-state index >= 15 is 0 Å². The number of amides is 1. The van der Waals surface area contributed by atoms with Gasteiger partial charge in [0.05, 0.1) is 0 Å². The molecule has 0 fully saturated rings. The van der Waals surface area contributed by atoms with Gasteiger partial charge in [-0.1, -0.05) is 0 Å². The minimum absolute atomic E-state index is 0.0301. The maximum absolute atomic E-state index is 13.9. The Morgan fingerprint density at radius 3 is 2.13 bits per heavy atom. The number of pyridine rings is 1. The molecule has 1 heterocycles. The van der Waals surface area contributed by atoms with Crippen LogP contribution in [0.1, 0.15) is 27.0 Å². The Bertz CT molecular complexity index is 1070. The minimum atomic E-state index is -4.65. The Labute approximate surface area is 168 Å². The second-order valence-corrected chi connectivity index (χ2v) is 6.55. The molecule has 0 spiro atoms. The molecule has 156 valence electrons. The summed E-state index contributed by atoms with van der Waals surface area (Å²) in [6.45, 7) is 2.96. The zero-order valence-corrected chi connectivity index (χ0v) is 15.8. The van der Waals surface area contributed by atoms with Crippen molar-refractivity contribution in [2.45, 2.75) is 20.0 Å². The van der Waals surface area contributed by atoms with E-state index in [1.807, 2.05) is 0 Å². The van der Waals surface area contributed by atoms with Crippen LogP contribution in [-0.2, 0) is 6.18 Å². The first-order valence-electron chi connectivity index (χ1n) is 8.63. The average Bonchev–Trinajstić information content (AvgIpc) is 2.63. The molecule has 0 saturated heterocycles. The highest BCUT2D eigenvalue weighted by atomic mass is 19.4. The highest BCUT2D eigenvalue weighted by molar-refractivity contribution is 6.04. The summed E-state index contributed by atoms with van der Waals surface area (Å²) in [6, 6.07) is 8.20. The van der Waals surface area contributed by atoms with Crippen molar-refractivity contribution in [1.29, 1.82) is 0 Å². The molecule has 4 nitrogen and oxygen atoms in total. The second kappa shape index (κ2) is 8.10. The van der Waals surface area contributed by atoms with Crippen LogP contribution in [0.4, 0.5) is 27.6 Å². The molecule has 0 unspecified atom stereocenters. The van der Waals surface area contributed by atoms with E-state index < -0.39 is 40.7 Å². The van der Waals surface area contributed by atoms with Crippen LogP contribution in [0.2, 0.25) is 0 Å². The lowest BCUT2D eigenvalue weighted by Crippen LogP contribution is -2.16. The third kappa shape index (κ3) is 4.73. The van der Waals surface area contributed by atoms with Crippen LogP contribution in [0.15, 0.2) is 48.7 Å². The molecule has 0 aliphatic heterocycles. The quantitative estimate of drug-likeness (QED) is 0.522. The van der Waals surface area contributed by atoms with Gasteiger partial charge in [0.25, 0.3) is 5.91 Å². The lowest BCUT2D eigenvalue weighted by Gasteiger charge is -2.13. The predicted octanol–water partition coefficient (Wildman–Crippen LogP) is 6.04. The van der Waals surface area contributed by atoms with Crippen molar-refractivity contribution in [3.05, 3.63) is 82.5 Å². The van der Waals surface area contributed by atoms with Crippen molar-refractivity contribution in [2.75, 3.05) is 5.32 Å². The first kappa shape index (κ1) is 21.2. The fourth-order valence-corrected chi connectivity index (χ4v) is 2.67. The number of aryl methyl sites for hydroxylation is 2. The summed E-state index contributed by atoms with van der Waals surface area (Å²) in [5.41, 5.74) is -0.946. The summed E-state index contributed by atoms with van der Waals surface area (Å²) in [4.78, 5) is 15.9. The molecule has 3 aromatic rings. The van der Waals surface area contributed by atoms with Crippen LogP contribution in [0.25, 0.3) is 0 Å². The summed E-state index contributed by atoms with van der Waals surface area (Å²) >= 11 is 0. The molecule has 0 aliphatic rings. The number of carbonyl (C=O) groups is 1. The number of carbonyl (C=O) groups excluding carboxylic acids is 1. The van der Waals surface area contributed by atoms with E-state index in [1.165, 1.54) is 44.3 Å². The molecule has 0 saturated carbocycles. The molecule has 0 aliphatic carbocycles. The number of alkyl halides is 3. The van der Waals surface area contributed by atoms with Crippen LogP contribution >= 0.6 is 0 Å². The first-order valence-corrected chi connectivity index (χ1v) is 8.63. The summed E-state index contributed by atoms with van der Waals surface area (Å²) in [6.07, 6.45) is -3.41. The SMILES string of the molecule is Cc1cc(F)c(C(=O)Nc2ccc(Oc3ncc(C)cc3C(F)(F)F)cc2)c(F)c1. The van der Waals surface area contributed by atoms with E-state index in [0.29, 0.717) is 11.1 Å². The molecule has 30 heavy (non-hydrogen) atoms. The Hall–Kier alpha value is -3.49. The maximum atomic E-state index is 13.9. The van der Waals surface area contributed by atoms with E-state index in [-0.39, 0.29) is 11.4 Å². The van der Waals surface area contributed by atoms with E-state index in [2.05, 4.69) is 10.3 Å². The van der Waals surface area contributed by atoms with Crippen molar-refractivity contribution in [3.8, 4) is 11.6 Å². The van der Waals surface area contributed by atoms with Crippen LogP contribution in [0, 0.1) is 25.5 Å². The molecule has 3 rings (SSSR count). The average molecular weight is 422 g/mol. The summed E-state index contributed by atoms with van der Waals surface area (Å²) < 4.78 is 72.5. The smallest absolute Gasteiger partial charge is 0.421 e. The molecular weight excluding hydrogens is 407 g/mol. The number of rotatable bonds is 4. The van der Waals surface area contributed by atoms with Gasteiger partial charge in [0.1, 0.15) is 28.5 Å². The number of anilines is 1. The molecule has 9 heteroatoms. The van der Waals surface area contributed by atoms with Gasteiger partial charge in [-0.2, -0.15) is 13.2 Å². The molecule has 0 atom stereocenters. The Kier molecular flexibility index (Phi) is 5.73. The Balaban J connectivity index is 1.78. The van der Waals surface area contributed by atoms with Gasteiger partial charge in [-0.3, -0.25) is 4.79 Å². The molecular formula is C21H15F5N2O2. The van der Waals surface area contributed by atoms with Crippen LogP contribution in [-0.4, -0.2) is 10.9 Å². The highest BCUT2D eigenvalue weighted by Gasteiger charge is 2.35. The van der Waals surface area contributed by atoms with E-state index in [4.69, 9.17) is 4.74 Å². The standard InChI is InChI=1S/C21H15F5N2O2/c1-11-8-16(22)18(17(23)9-11)19(29)28-13-3-5-14(6-4-13)30-20-15(21(24,25)26)7-12(2)10-27-20/h3-10H,1-2H3,(H,28,29). The Morgan fingerprint density at radius 2 is 1.57 bits per heavy atom. The zero-order chi connectivity index (χ0) is 22.1. The predicted molar refractivity (Wildman–Crippen MR) is 99.5 cm³/mol. The number of hydrogen-bond acceptors (Lipinski definition) is 3. The van der Waals surface area contributed by atoms with Crippen molar-refractivity contribution in [1.82, 2.24) is 4.98 Å². The maximum Gasteiger partial charge on any atom is 0.421 e. The van der Waals surface area contributed by atoms with Gasteiger partial charge in [0.15, 0.2) is 0 Å². The molecule has 0 bridgehead atoms. The zero-order valence-electron chi connectivity index (χ0n) is 15.8. The van der Waals surface area contributed by atoms with Gasteiger partial charge in [0.2, 0.25) is 5.88 Å². The fourth-order valence-electron chi connectivity index (χ4n) is 2.67. The monoisotopic (exact) mass is 422 g/mol.